The lowest BCUT2D eigenvalue weighted by molar-refractivity contribution is 0.316. The van der Waals surface area contributed by atoms with Gasteiger partial charge in [0.2, 0.25) is 10.0 Å². The molecule has 0 amide bonds. The van der Waals surface area contributed by atoms with Crippen LogP contribution in [0.5, 0.6) is 0 Å². The Kier molecular flexibility index (Phi) is 5.54. The van der Waals surface area contributed by atoms with Gasteiger partial charge in [0.05, 0.1) is 16.5 Å². The van der Waals surface area contributed by atoms with Gasteiger partial charge in [0.1, 0.15) is 0 Å². The minimum absolute atomic E-state index is 0. The molecular weight excluding hydrogens is 298 g/mol. The van der Waals surface area contributed by atoms with Crippen molar-refractivity contribution in [2.24, 2.45) is 5.73 Å². The van der Waals surface area contributed by atoms with E-state index in [1.807, 2.05) is 6.07 Å². The van der Waals surface area contributed by atoms with E-state index in [1.54, 1.807) is 13.0 Å². The first kappa shape index (κ1) is 16.9. The summed E-state index contributed by atoms with van der Waals surface area (Å²) < 4.78 is 26.5. The van der Waals surface area contributed by atoms with E-state index in [0.717, 1.165) is 12.8 Å². The third-order valence-corrected chi connectivity index (χ3v) is 5.37. The average Bonchev–Trinajstić information content (AvgIpc) is 2.38. The molecule has 0 aromatic heterocycles. The second kappa shape index (κ2) is 6.55. The van der Waals surface area contributed by atoms with Crippen molar-refractivity contribution < 1.29 is 8.42 Å². The zero-order chi connectivity index (χ0) is 14.0. The summed E-state index contributed by atoms with van der Waals surface area (Å²) in [5, 5.41) is 8.81. The molecule has 1 aliphatic rings. The molecule has 0 radical (unpaired) electrons. The van der Waals surface area contributed by atoms with Crippen molar-refractivity contribution in [1.82, 2.24) is 4.31 Å². The Morgan fingerprint density at radius 1 is 1.45 bits per heavy atom. The van der Waals surface area contributed by atoms with Crippen LogP contribution in [0.2, 0.25) is 0 Å². The Balaban J connectivity index is 0.00000200. The summed E-state index contributed by atoms with van der Waals surface area (Å²) in [6, 6.07) is 6.54. The monoisotopic (exact) mass is 315 g/mol. The molecule has 1 fully saturated rings. The molecule has 0 spiro atoms. The van der Waals surface area contributed by atoms with Crippen LogP contribution in [0.4, 0.5) is 0 Å². The van der Waals surface area contributed by atoms with Gasteiger partial charge in [-0.05, 0) is 43.5 Å². The van der Waals surface area contributed by atoms with Crippen LogP contribution in [-0.4, -0.2) is 31.9 Å². The van der Waals surface area contributed by atoms with Crippen molar-refractivity contribution in [3.05, 3.63) is 29.3 Å². The number of nitrogens with zero attached hydrogens (tertiary/aromatic N) is 2. The quantitative estimate of drug-likeness (QED) is 0.893. The van der Waals surface area contributed by atoms with Gasteiger partial charge in [-0.15, -0.1) is 12.4 Å². The van der Waals surface area contributed by atoms with Gasteiger partial charge < -0.3 is 5.73 Å². The third-order valence-electron chi connectivity index (χ3n) is 3.34. The molecular formula is C13H18ClN3O2S. The van der Waals surface area contributed by atoms with E-state index in [9.17, 15) is 8.42 Å². The molecule has 1 aromatic carbocycles. The van der Waals surface area contributed by atoms with Crippen molar-refractivity contribution in [1.29, 1.82) is 5.26 Å². The van der Waals surface area contributed by atoms with Gasteiger partial charge in [-0.2, -0.15) is 9.57 Å². The van der Waals surface area contributed by atoms with E-state index in [2.05, 4.69) is 0 Å². The van der Waals surface area contributed by atoms with E-state index in [4.69, 9.17) is 11.0 Å². The van der Waals surface area contributed by atoms with Crippen LogP contribution in [0.1, 0.15) is 24.0 Å². The number of rotatable bonds is 2. The molecule has 0 unspecified atom stereocenters. The summed E-state index contributed by atoms with van der Waals surface area (Å²) in [6.07, 6.45) is 1.65. The average molecular weight is 316 g/mol. The highest BCUT2D eigenvalue weighted by Crippen LogP contribution is 2.23. The molecule has 1 atom stereocenters. The number of benzene rings is 1. The fourth-order valence-corrected chi connectivity index (χ4v) is 4.08. The van der Waals surface area contributed by atoms with Crippen molar-refractivity contribution >= 4 is 22.4 Å². The fourth-order valence-electron chi connectivity index (χ4n) is 2.34. The Hall–Kier alpha value is -1.13. The zero-order valence-electron chi connectivity index (χ0n) is 11.2. The maximum atomic E-state index is 12.5. The van der Waals surface area contributed by atoms with Crippen molar-refractivity contribution in [3.63, 3.8) is 0 Å². The number of piperidine rings is 1. The van der Waals surface area contributed by atoms with Crippen LogP contribution in [0.25, 0.3) is 0 Å². The molecule has 0 saturated carbocycles. The summed E-state index contributed by atoms with van der Waals surface area (Å²) >= 11 is 0. The topological polar surface area (TPSA) is 87.2 Å². The van der Waals surface area contributed by atoms with Crippen LogP contribution < -0.4 is 5.73 Å². The number of sulfonamides is 1. The van der Waals surface area contributed by atoms with Crippen LogP contribution in [0, 0.1) is 18.3 Å². The SMILES string of the molecule is Cc1cc(C#N)ccc1S(=O)(=O)N1CCC[C@@H](N)C1.Cl. The number of nitrogens with two attached hydrogens (primary N) is 1. The number of halogens is 1. The smallest absolute Gasteiger partial charge is 0.243 e. The van der Waals surface area contributed by atoms with Crippen LogP contribution >= 0.6 is 12.4 Å². The van der Waals surface area contributed by atoms with Crippen molar-refractivity contribution in [2.45, 2.75) is 30.7 Å². The third kappa shape index (κ3) is 3.30. The van der Waals surface area contributed by atoms with Crippen LogP contribution in [0.15, 0.2) is 23.1 Å². The molecule has 1 saturated heterocycles. The Labute approximate surface area is 125 Å². The number of nitriles is 1. The summed E-state index contributed by atoms with van der Waals surface area (Å²) in [6.45, 7) is 2.58. The standard InChI is InChI=1S/C13H17N3O2S.ClH/c1-10-7-11(8-14)4-5-13(10)19(17,18)16-6-2-3-12(15)9-16;/h4-5,7,12H,2-3,6,9,15H2,1H3;1H/t12-;/m1./s1. The molecule has 2 rings (SSSR count). The first-order valence-electron chi connectivity index (χ1n) is 6.21. The van der Waals surface area contributed by atoms with E-state index < -0.39 is 10.0 Å². The molecule has 1 aliphatic heterocycles. The highest BCUT2D eigenvalue weighted by atomic mass is 35.5. The largest absolute Gasteiger partial charge is 0.327 e. The molecule has 1 aromatic rings. The first-order chi connectivity index (χ1) is 8.95. The normalized spacial score (nSPS) is 19.9. The number of hydrogen-bond acceptors (Lipinski definition) is 4. The minimum Gasteiger partial charge on any atom is -0.327 e. The zero-order valence-corrected chi connectivity index (χ0v) is 12.9. The lowest BCUT2D eigenvalue weighted by Gasteiger charge is -2.30. The highest BCUT2D eigenvalue weighted by Gasteiger charge is 2.29. The molecule has 0 aliphatic carbocycles. The predicted octanol–water partition coefficient (Wildman–Crippen LogP) is 1.40. The predicted molar refractivity (Wildman–Crippen MR) is 79.1 cm³/mol. The molecule has 7 heteroatoms. The lowest BCUT2D eigenvalue weighted by Crippen LogP contribution is -2.45. The number of aryl methyl sites for hydroxylation is 1. The summed E-state index contributed by atoms with van der Waals surface area (Å²) in [5.74, 6) is 0. The molecule has 0 bridgehead atoms. The van der Waals surface area contributed by atoms with Crippen molar-refractivity contribution in [2.75, 3.05) is 13.1 Å². The molecule has 20 heavy (non-hydrogen) atoms. The van der Waals surface area contributed by atoms with E-state index in [1.165, 1.54) is 16.4 Å². The minimum atomic E-state index is -3.51. The van der Waals surface area contributed by atoms with Crippen LogP contribution in [-0.2, 0) is 10.0 Å². The molecule has 2 N–H and O–H groups in total. The maximum absolute atomic E-state index is 12.5. The molecule has 5 nitrogen and oxygen atoms in total. The second-order valence-electron chi connectivity index (χ2n) is 4.86. The molecule has 110 valence electrons. The number of hydrogen-bond donors (Lipinski definition) is 1. The summed E-state index contributed by atoms with van der Waals surface area (Å²) in [7, 11) is -3.51. The van der Waals surface area contributed by atoms with Gasteiger partial charge in [-0.3, -0.25) is 0 Å². The Bertz CT molecular complexity index is 625. The molecule has 1 heterocycles. The van der Waals surface area contributed by atoms with Gasteiger partial charge >= 0.3 is 0 Å². The van der Waals surface area contributed by atoms with Gasteiger partial charge in [-0.1, -0.05) is 0 Å². The summed E-state index contributed by atoms with van der Waals surface area (Å²) in [5.41, 5.74) is 6.89. The highest BCUT2D eigenvalue weighted by molar-refractivity contribution is 7.89. The van der Waals surface area contributed by atoms with E-state index in [0.29, 0.717) is 24.2 Å². The van der Waals surface area contributed by atoms with Gasteiger partial charge in [0.25, 0.3) is 0 Å². The van der Waals surface area contributed by atoms with Crippen LogP contribution in [0.3, 0.4) is 0 Å². The van der Waals surface area contributed by atoms with E-state index >= 15 is 0 Å². The first-order valence-corrected chi connectivity index (χ1v) is 7.65. The van der Waals surface area contributed by atoms with Crippen molar-refractivity contribution in [3.8, 4) is 6.07 Å². The second-order valence-corrected chi connectivity index (χ2v) is 6.76. The lowest BCUT2D eigenvalue weighted by atomic mass is 10.1. The van der Waals surface area contributed by atoms with E-state index in [-0.39, 0.29) is 23.3 Å². The maximum Gasteiger partial charge on any atom is 0.243 e. The van der Waals surface area contributed by atoms with Gasteiger partial charge in [0.15, 0.2) is 0 Å². The summed E-state index contributed by atoms with van der Waals surface area (Å²) in [4.78, 5) is 0.264. The Morgan fingerprint density at radius 2 is 2.15 bits per heavy atom. The van der Waals surface area contributed by atoms with Gasteiger partial charge in [0, 0.05) is 19.1 Å². The fraction of sp³-hybridized carbons (Fsp3) is 0.462. The Morgan fingerprint density at radius 3 is 2.70 bits per heavy atom. The van der Waals surface area contributed by atoms with Gasteiger partial charge in [-0.25, -0.2) is 8.42 Å².